The number of likely N-dealkylation sites (tertiary alicyclic amines) is 1. The van der Waals surface area contributed by atoms with E-state index in [1.807, 2.05) is 53.4 Å². The predicted octanol–water partition coefficient (Wildman–Crippen LogP) is 5.24. The number of hydrogen-bond acceptors (Lipinski definition) is 3. The molecule has 0 bridgehead atoms. The maximum atomic E-state index is 13.6. The van der Waals surface area contributed by atoms with Gasteiger partial charge in [0, 0.05) is 36.7 Å². The molecule has 5 heteroatoms. The predicted molar refractivity (Wildman–Crippen MR) is 120 cm³/mol. The van der Waals surface area contributed by atoms with Crippen LogP contribution in [0.2, 0.25) is 0 Å². The third-order valence-electron chi connectivity index (χ3n) is 5.87. The first-order valence-electron chi connectivity index (χ1n) is 10.8. The number of methoxy groups -OCH3 is 1. The van der Waals surface area contributed by atoms with Gasteiger partial charge >= 0.3 is 0 Å². The number of nitrogens with zero attached hydrogens (tertiary/aromatic N) is 2. The van der Waals surface area contributed by atoms with E-state index in [-0.39, 0.29) is 17.6 Å². The zero-order valence-corrected chi connectivity index (χ0v) is 17.8. The molecule has 1 aliphatic rings. The van der Waals surface area contributed by atoms with Crippen LogP contribution in [-0.2, 0) is 11.2 Å². The highest BCUT2D eigenvalue weighted by molar-refractivity contribution is 5.76. The van der Waals surface area contributed by atoms with Gasteiger partial charge in [-0.2, -0.15) is 0 Å². The van der Waals surface area contributed by atoms with Crippen LogP contribution in [0, 0.1) is 5.82 Å². The van der Waals surface area contributed by atoms with Crippen LogP contribution in [0.25, 0.3) is 11.3 Å². The topological polar surface area (TPSA) is 42.4 Å². The number of amides is 1. The van der Waals surface area contributed by atoms with Crippen molar-refractivity contribution in [2.24, 2.45) is 0 Å². The van der Waals surface area contributed by atoms with Gasteiger partial charge in [0.1, 0.15) is 11.6 Å². The van der Waals surface area contributed by atoms with E-state index in [4.69, 9.17) is 9.72 Å². The minimum absolute atomic E-state index is 0.182. The van der Waals surface area contributed by atoms with E-state index in [1.165, 1.54) is 12.1 Å². The molecule has 1 saturated heterocycles. The van der Waals surface area contributed by atoms with Crippen molar-refractivity contribution in [3.05, 3.63) is 83.8 Å². The smallest absolute Gasteiger partial charge is 0.222 e. The maximum absolute atomic E-state index is 13.6. The van der Waals surface area contributed by atoms with E-state index in [1.54, 1.807) is 13.2 Å². The Labute approximate surface area is 182 Å². The molecule has 0 aliphatic carbocycles. The second-order valence-electron chi connectivity index (χ2n) is 7.99. The van der Waals surface area contributed by atoms with E-state index < -0.39 is 0 Å². The Morgan fingerprint density at radius 1 is 1.13 bits per heavy atom. The number of halogens is 1. The maximum Gasteiger partial charge on any atom is 0.222 e. The van der Waals surface area contributed by atoms with Crippen molar-refractivity contribution in [2.45, 2.75) is 31.6 Å². The standard InChI is InChI=1S/C26H27FN2O2/c1-31-23-13-10-19(11-14-23)12-15-26(30)29-16-4-6-21(18-29)25-9-3-8-24(28-25)20-5-2-7-22(27)17-20/h2-3,5,7-11,13-14,17,21H,4,6,12,15-16,18H2,1H3/t21-/m0/s1. The van der Waals surface area contributed by atoms with Crippen LogP contribution < -0.4 is 4.74 Å². The fraction of sp³-hybridized carbons (Fsp3) is 0.308. The number of benzene rings is 2. The quantitative estimate of drug-likeness (QED) is 0.550. The molecule has 0 radical (unpaired) electrons. The second-order valence-corrected chi connectivity index (χ2v) is 7.99. The Morgan fingerprint density at radius 3 is 2.71 bits per heavy atom. The van der Waals surface area contributed by atoms with Crippen LogP contribution in [0.5, 0.6) is 5.75 Å². The minimum atomic E-state index is -0.268. The average Bonchev–Trinajstić information content (AvgIpc) is 2.83. The van der Waals surface area contributed by atoms with Crippen molar-refractivity contribution in [1.82, 2.24) is 9.88 Å². The summed E-state index contributed by atoms with van der Waals surface area (Å²) in [6.45, 7) is 1.47. The van der Waals surface area contributed by atoms with Gasteiger partial charge in [-0.1, -0.05) is 30.3 Å². The summed E-state index contributed by atoms with van der Waals surface area (Å²) < 4.78 is 18.8. The first-order valence-corrected chi connectivity index (χ1v) is 10.8. The average molecular weight is 419 g/mol. The molecular weight excluding hydrogens is 391 g/mol. The molecule has 31 heavy (non-hydrogen) atoms. The lowest BCUT2D eigenvalue weighted by molar-refractivity contribution is -0.132. The Kier molecular flexibility index (Phi) is 6.60. The van der Waals surface area contributed by atoms with Crippen LogP contribution in [0.15, 0.2) is 66.7 Å². The Hall–Kier alpha value is -3.21. The molecular formula is C26H27FN2O2. The Morgan fingerprint density at radius 2 is 1.94 bits per heavy atom. The fourth-order valence-corrected chi connectivity index (χ4v) is 4.13. The van der Waals surface area contributed by atoms with E-state index in [0.717, 1.165) is 54.1 Å². The summed E-state index contributed by atoms with van der Waals surface area (Å²) in [7, 11) is 1.65. The van der Waals surface area contributed by atoms with Gasteiger partial charge in [0.15, 0.2) is 0 Å². The number of aryl methyl sites for hydroxylation is 1. The SMILES string of the molecule is COc1ccc(CCC(=O)N2CCC[C@H](c3cccc(-c4cccc(F)c4)n3)C2)cc1. The number of ether oxygens (including phenoxy) is 1. The molecule has 0 unspecified atom stereocenters. The van der Waals surface area contributed by atoms with Gasteiger partial charge in [0.05, 0.1) is 12.8 Å². The third-order valence-corrected chi connectivity index (χ3v) is 5.87. The molecule has 0 N–H and O–H groups in total. The number of aromatic nitrogens is 1. The van der Waals surface area contributed by atoms with E-state index in [9.17, 15) is 9.18 Å². The molecule has 1 aliphatic heterocycles. The zero-order chi connectivity index (χ0) is 21.6. The molecule has 0 spiro atoms. The summed E-state index contributed by atoms with van der Waals surface area (Å²) in [6.07, 6.45) is 3.18. The van der Waals surface area contributed by atoms with Crippen molar-refractivity contribution in [3.8, 4) is 17.0 Å². The molecule has 2 heterocycles. The van der Waals surface area contributed by atoms with E-state index in [2.05, 4.69) is 0 Å². The molecule has 160 valence electrons. The molecule has 3 aromatic rings. The fourth-order valence-electron chi connectivity index (χ4n) is 4.13. The molecule has 1 fully saturated rings. The molecule has 4 nitrogen and oxygen atoms in total. The summed E-state index contributed by atoms with van der Waals surface area (Å²) in [5.41, 5.74) is 3.63. The van der Waals surface area contributed by atoms with Gasteiger partial charge in [-0.15, -0.1) is 0 Å². The molecule has 1 amide bonds. The van der Waals surface area contributed by atoms with Gasteiger partial charge < -0.3 is 9.64 Å². The lowest BCUT2D eigenvalue weighted by Gasteiger charge is -2.32. The first-order chi connectivity index (χ1) is 15.1. The van der Waals surface area contributed by atoms with Crippen LogP contribution in [-0.4, -0.2) is 36.0 Å². The number of hydrogen-bond donors (Lipinski definition) is 0. The molecule has 0 saturated carbocycles. The van der Waals surface area contributed by atoms with E-state index in [0.29, 0.717) is 13.0 Å². The highest BCUT2D eigenvalue weighted by Gasteiger charge is 2.25. The summed E-state index contributed by atoms with van der Waals surface area (Å²) in [5, 5.41) is 0. The Balaban J connectivity index is 1.40. The van der Waals surface area contributed by atoms with Crippen LogP contribution >= 0.6 is 0 Å². The number of pyridine rings is 1. The van der Waals surface area contributed by atoms with Gasteiger partial charge in [0.2, 0.25) is 5.91 Å². The summed E-state index contributed by atoms with van der Waals surface area (Å²) >= 11 is 0. The normalized spacial score (nSPS) is 16.2. The lowest BCUT2D eigenvalue weighted by atomic mass is 9.93. The van der Waals surface area contributed by atoms with Crippen molar-refractivity contribution in [1.29, 1.82) is 0 Å². The highest BCUT2D eigenvalue weighted by atomic mass is 19.1. The highest BCUT2D eigenvalue weighted by Crippen LogP contribution is 2.28. The van der Waals surface area contributed by atoms with E-state index >= 15 is 0 Å². The largest absolute Gasteiger partial charge is 0.497 e. The zero-order valence-electron chi connectivity index (χ0n) is 17.8. The molecule has 1 aromatic heterocycles. The summed E-state index contributed by atoms with van der Waals surface area (Å²) in [4.78, 5) is 19.6. The minimum Gasteiger partial charge on any atom is -0.497 e. The van der Waals surface area contributed by atoms with Gasteiger partial charge in [0.25, 0.3) is 0 Å². The van der Waals surface area contributed by atoms with Crippen molar-refractivity contribution in [3.63, 3.8) is 0 Å². The van der Waals surface area contributed by atoms with Crippen LogP contribution in [0.1, 0.15) is 36.4 Å². The number of rotatable bonds is 6. The van der Waals surface area contributed by atoms with Crippen LogP contribution in [0.3, 0.4) is 0 Å². The van der Waals surface area contributed by atoms with Gasteiger partial charge in [-0.25, -0.2) is 4.39 Å². The van der Waals surface area contributed by atoms with Crippen molar-refractivity contribution in [2.75, 3.05) is 20.2 Å². The molecule has 1 atom stereocenters. The first kappa shape index (κ1) is 21.0. The van der Waals surface area contributed by atoms with Crippen molar-refractivity contribution < 1.29 is 13.9 Å². The summed E-state index contributed by atoms with van der Waals surface area (Å²) in [5.74, 6) is 0.937. The van der Waals surface area contributed by atoms with Gasteiger partial charge in [-0.05, 0) is 61.2 Å². The number of carbonyl (C=O) groups excluding carboxylic acids is 1. The Bertz CT molecular complexity index is 1040. The number of carbonyl (C=O) groups is 1. The molecule has 4 rings (SSSR count). The summed E-state index contributed by atoms with van der Waals surface area (Å²) in [6, 6.07) is 20.2. The third kappa shape index (κ3) is 5.29. The van der Waals surface area contributed by atoms with Crippen molar-refractivity contribution >= 4 is 5.91 Å². The molecule has 2 aromatic carbocycles. The monoisotopic (exact) mass is 418 g/mol. The lowest BCUT2D eigenvalue weighted by Crippen LogP contribution is -2.39. The van der Waals surface area contributed by atoms with Crippen LogP contribution in [0.4, 0.5) is 4.39 Å². The van der Waals surface area contributed by atoms with Gasteiger partial charge in [-0.3, -0.25) is 9.78 Å². The second kappa shape index (κ2) is 9.73. The number of piperidine rings is 1.